The number of hydrogen-bond donors (Lipinski definition) is 2. The largest absolute Gasteiger partial charge is 0.322 e. The van der Waals surface area contributed by atoms with E-state index in [0.29, 0.717) is 26.6 Å². The monoisotopic (exact) mass is 469 g/mol. The molecule has 2 aromatic carbocycles. The van der Waals surface area contributed by atoms with E-state index in [1.165, 1.54) is 11.3 Å². The summed E-state index contributed by atoms with van der Waals surface area (Å²) in [5, 5.41) is 15.2. The molecule has 0 aliphatic rings. The van der Waals surface area contributed by atoms with Crippen molar-refractivity contribution < 1.29 is 9.59 Å². The lowest BCUT2D eigenvalue weighted by atomic mass is 9.85. The Kier molecular flexibility index (Phi) is 6.14. The minimum atomic E-state index is -0.701. The Morgan fingerprint density at radius 1 is 1.00 bits per heavy atom. The van der Waals surface area contributed by atoms with E-state index in [9.17, 15) is 14.9 Å². The first-order valence-electron chi connectivity index (χ1n) is 10.6. The number of carbonyl (C=O) groups excluding carboxylic acids is 2. The van der Waals surface area contributed by atoms with Gasteiger partial charge in [0, 0.05) is 34.9 Å². The number of carbonyl (C=O) groups is 2. The van der Waals surface area contributed by atoms with Gasteiger partial charge in [-0.3, -0.25) is 14.6 Å². The van der Waals surface area contributed by atoms with Crippen LogP contribution in [0, 0.1) is 25.2 Å². The maximum atomic E-state index is 13.0. The van der Waals surface area contributed by atoms with Crippen LogP contribution in [0.2, 0.25) is 0 Å². The SMILES string of the molecule is Cc1ccc(NC(=O)c2cccc(C(C)(C)C#N)c2)cc1NC(=O)c1sc2nccnc2c1C. The average molecular weight is 470 g/mol. The summed E-state index contributed by atoms with van der Waals surface area (Å²) in [6.07, 6.45) is 3.21. The van der Waals surface area contributed by atoms with Gasteiger partial charge in [0.05, 0.1) is 16.4 Å². The fourth-order valence-corrected chi connectivity index (χ4v) is 4.49. The van der Waals surface area contributed by atoms with Crippen molar-refractivity contribution in [3.05, 3.63) is 82.0 Å². The number of anilines is 2. The number of nitrogens with zero attached hydrogens (tertiary/aromatic N) is 3. The van der Waals surface area contributed by atoms with Gasteiger partial charge >= 0.3 is 0 Å². The van der Waals surface area contributed by atoms with Crippen molar-refractivity contribution in [1.29, 1.82) is 5.26 Å². The van der Waals surface area contributed by atoms with Crippen molar-refractivity contribution in [1.82, 2.24) is 9.97 Å². The Labute approximate surface area is 201 Å². The van der Waals surface area contributed by atoms with Crippen LogP contribution >= 0.6 is 11.3 Å². The van der Waals surface area contributed by atoms with Crippen LogP contribution in [0.15, 0.2) is 54.9 Å². The Bertz CT molecular complexity index is 1470. The molecule has 4 rings (SSSR count). The van der Waals surface area contributed by atoms with Crippen LogP contribution in [0.3, 0.4) is 0 Å². The highest BCUT2D eigenvalue weighted by atomic mass is 32.1. The molecule has 2 heterocycles. The number of rotatable bonds is 5. The summed E-state index contributed by atoms with van der Waals surface area (Å²) < 4.78 is 0. The highest BCUT2D eigenvalue weighted by molar-refractivity contribution is 7.20. The molecule has 0 spiro atoms. The predicted octanol–water partition coefficient (Wildman–Crippen LogP) is 5.61. The zero-order chi connectivity index (χ0) is 24.5. The van der Waals surface area contributed by atoms with Gasteiger partial charge in [-0.15, -0.1) is 11.3 Å². The Balaban J connectivity index is 1.55. The molecule has 170 valence electrons. The molecule has 0 fully saturated rings. The molecule has 2 N–H and O–H groups in total. The maximum Gasteiger partial charge on any atom is 0.266 e. The van der Waals surface area contributed by atoms with Crippen LogP contribution in [0.5, 0.6) is 0 Å². The lowest BCUT2D eigenvalue weighted by Gasteiger charge is -2.17. The van der Waals surface area contributed by atoms with Crippen LogP contribution in [0.1, 0.15) is 50.6 Å². The zero-order valence-corrected chi connectivity index (χ0v) is 20.1. The Morgan fingerprint density at radius 3 is 2.50 bits per heavy atom. The second-order valence-corrected chi connectivity index (χ2v) is 9.52. The van der Waals surface area contributed by atoms with Crippen molar-refractivity contribution in [3.8, 4) is 6.07 Å². The third-order valence-electron chi connectivity index (χ3n) is 5.64. The van der Waals surface area contributed by atoms with E-state index in [1.54, 1.807) is 42.7 Å². The van der Waals surface area contributed by atoms with E-state index in [-0.39, 0.29) is 11.8 Å². The lowest BCUT2D eigenvalue weighted by molar-refractivity contribution is 0.102. The van der Waals surface area contributed by atoms with Crippen molar-refractivity contribution >= 4 is 44.9 Å². The molecule has 0 aliphatic heterocycles. The summed E-state index contributed by atoms with van der Waals surface area (Å²) in [7, 11) is 0. The molecule has 2 amide bonds. The van der Waals surface area contributed by atoms with Gasteiger partial charge in [0.15, 0.2) is 0 Å². The third-order valence-corrected chi connectivity index (χ3v) is 6.82. The summed E-state index contributed by atoms with van der Waals surface area (Å²) in [5.74, 6) is -0.547. The second-order valence-electron chi connectivity index (χ2n) is 8.52. The van der Waals surface area contributed by atoms with Gasteiger partial charge in [0.25, 0.3) is 11.8 Å². The number of hydrogen-bond acceptors (Lipinski definition) is 6. The van der Waals surface area contributed by atoms with Gasteiger partial charge < -0.3 is 10.6 Å². The third kappa shape index (κ3) is 4.51. The van der Waals surface area contributed by atoms with Crippen molar-refractivity contribution in [2.75, 3.05) is 10.6 Å². The molecule has 4 aromatic rings. The summed E-state index contributed by atoms with van der Waals surface area (Å²) in [5.41, 5.74) is 4.03. The van der Waals surface area contributed by atoms with Gasteiger partial charge in [-0.05, 0) is 63.1 Å². The first kappa shape index (κ1) is 23.1. The first-order valence-corrected chi connectivity index (χ1v) is 11.5. The molecular formula is C26H23N5O2S. The fourth-order valence-electron chi connectivity index (χ4n) is 3.49. The number of aromatic nitrogens is 2. The van der Waals surface area contributed by atoms with Crippen LogP contribution in [-0.4, -0.2) is 21.8 Å². The zero-order valence-electron chi connectivity index (χ0n) is 19.3. The van der Waals surface area contributed by atoms with Crippen LogP contribution in [0.25, 0.3) is 10.3 Å². The molecule has 34 heavy (non-hydrogen) atoms. The number of amides is 2. The van der Waals surface area contributed by atoms with Gasteiger partial charge in [-0.25, -0.2) is 4.98 Å². The molecule has 0 radical (unpaired) electrons. The Morgan fingerprint density at radius 2 is 1.76 bits per heavy atom. The molecule has 0 saturated carbocycles. The van der Waals surface area contributed by atoms with Crippen LogP contribution in [-0.2, 0) is 5.41 Å². The lowest BCUT2D eigenvalue weighted by Crippen LogP contribution is -2.17. The predicted molar refractivity (Wildman–Crippen MR) is 134 cm³/mol. The van der Waals surface area contributed by atoms with Gasteiger partial charge in [-0.2, -0.15) is 5.26 Å². The second kappa shape index (κ2) is 9.04. The Hall–Kier alpha value is -4.09. The van der Waals surface area contributed by atoms with E-state index in [0.717, 1.165) is 22.2 Å². The van der Waals surface area contributed by atoms with Crippen molar-refractivity contribution in [2.24, 2.45) is 0 Å². The van der Waals surface area contributed by atoms with Crippen LogP contribution < -0.4 is 10.6 Å². The average Bonchev–Trinajstić information content (AvgIpc) is 3.18. The number of benzene rings is 2. The molecule has 7 nitrogen and oxygen atoms in total. The van der Waals surface area contributed by atoms with Crippen molar-refractivity contribution in [2.45, 2.75) is 33.1 Å². The van der Waals surface area contributed by atoms with E-state index in [2.05, 4.69) is 26.7 Å². The standard InChI is InChI=1S/C26H23N5O2S/c1-15-8-9-19(30-23(32)17-6-5-7-18(12-17)26(3,4)14-27)13-20(15)31-24(33)22-16(2)21-25(34-22)29-11-10-28-21/h5-13H,1-4H3,(H,30,32)(H,31,33). The van der Waals surface area contributed by atoms with E-state index < -0.39 is 5.41 Å². The molecule has 0 aliphatic carbocycles. The van der Waals surface area contributed by atoms with Gasteiger partial charge in [0.1, 0.15) is 10.3 Å². The summed E-state index contributed by atoms with van der Waals surface area (Å²) in [6.45, 7) is 7.36. The van der Waals surface area contributed by atoms with Crippen molar-refractivity contribution in [3.63, 3.8) is 0 Å². The number of nitriles is 1. The van der Waals surface area contributed by atoms with Gasteiger partial charge in [0.2, 0.25) is 0 Å². The first-order chi connectivity index (χ1) is 16.2. The summed E-state index contributed by atoms with van der Waals surface area (Å²) in [4.78, 5) is 35.7. The molecule has 2 aromatic heterocycles. The number of nitrogens with one attached hydrogen (secondary N) is 2. The van der Waals surface area contributed by atoms with E-state index >= 15 is 0 Å². The highest BCUT2D eigenvalue weighted by Crippen LogP contribution is 2.29. The molecular weight excluding hydrogens is 446 g/mol. The fraction of sp³-hybridized carbons (Fsp3) is 0.192. The molecule has 0 saturated heterocycles. The normalized spacial score (nSPS) is 11.1. The topological polar surface area (TPSA) is 108 Å². The van der Waals surface area contributed by atoms with E-state index in [1.807, 2.05) is 39.8 Å². The maximum absolute atomic E-state index is 13.0. The minimum absolute atomic E-state index is 0.250. The van der Waals surface area contributed by atoms with E-state index in [4.69, 9.17) is 0 Å². The van der Waals surface area contributed by atoms with Crippen LogP contribution in [0.4, 0.5) is 11.4 Å². The van der Waals surface area contributed by atoms with Gasteiger partial charge in [-0.1, -0.05) is 18.2 Å². The number of aryl methyl sites for hydroxylation is 2. The molecule has 0 unspecified atom stereocenters. The summed E-state index contributed by atoms with van der Waals surface area (Å²) in [6, 6.07) is 14.6. The highest BCUT2D eigenvalue weighted by Gasteiger charge is 2.21. The smallest absolute Gasteiger partial charge is 0.266 e. The minimum Gasteiger partial charge on any atom is -0.322 e. The summed E-state index contributed by atoms with van der Waals surface area (Å²) >= 11 is 1.30. The number of fused-ring (bicyclic) bond motifs is 1. The molecule has 0 atom stereocenters. The quantitative estimate of drug-likeness (QED) is 0.395. The molecule has 8 heteroatoms. The number of thiophene rings is 1. The molecule has 0 bridgehead atoms.